The molecule has 3 aromatic rings. The van der Waals surface area contributed by atoms with E-state index in [-0.39, 0.29) is 29.3 Å². The standard InChI is InChI=1S/C27H28F2N4O2/c1-33(15-12-19-3-2-14-30-25(19)34)16-13-24(17-33)32-18-27(31-26(32)35,20-4-8-22(28)9-5-20)21-6-10-23(29)11-7-21/h2-11,14,24H,12-13,15-18H2,1H3,(H-,30,31,34,35)/p+1. The number of hydrogen-bond acceptors (Lipinski definition) is 2. The van der Waals surface area contributed by atoms with Crippen LogP contribution in [0.15, 0.2) is 71.7 Å². The molecule has 1 aromatic heterocycles. The Kier molecular flexibility index (Phi) is 5.92. The lowest BCUT2D eigenvalue weighted by molar-refractivity contribution is -0.898. The first-order chi connectivity index (χ1) is 16.8. The predicted molar refractivity (Wildman–Crippen MR) is 129 cm³/mol. The fraction of sp³-hybridized carbons (Fsp3) is 0.333. The van der Waals surface area contributed by atoms with E-state index in [0.717, 1.165) is 47.2 Å². The van der Waals surface area contributed by atoms with Crippen molar-refractivity contribution in [1.82, 2.24) is 15.2 Å². The fourth-order valence-electron chi connectivity index (χ4n) is 5.53. The van der Waals surface area contributed by atoms with Crippen LogP contribution in [0.1, 0.15) is 23.1 Å². The molecule has 3 heterocycles. The van der Waals surface area contributed by atoms with Gasteiger partial charge in [-0.1, -0.05) is 30.3 Å². The zero-order valence-electron chi connectivity index (χ0n) is 19.6. The monoisotopic (exact) mass is 479 g/mol. The molecule has 2 aromatic carbocycles. The molecule has 35 heavy (non-hydrogen) atoms. The average molecular weight is 480 g/mol. The van der Waals surface area contributed by atoms with Crippen LogP contribution in [-0.4, -0.2) is 59.7 Å². The molecule has 0 saturated carbocycles. The van der Waals surface area contributed by atoms with Crippen LogP contribution >= 0.6 is 0 Å². The van der Waals surface area contributed by atoms with Crippen LogP contribution in [0, 0.1) is 11.6 Å². The molecule has 6 nitrogen and oxygen atoms in total. The minimum absolute atomic E-state index is 0.0248. The minimum atomic E-state index is -0.901. The number of H-pyrrole nitrogens is 1. The van der Waals surface area contributed by atoms with Crippen molar-refractivity contribution in [2.24, 2.45) is 0 Å². The molecule has 0 spiro atoms. The van der Waals surface area contributed by atoms with Crippen molar-refractivity contribution in [1.29, 1.82) is 0 Å². The Morgan fingerprint density at radius 1 is 1.00 bits per heavy atom. The van der Waals surface area contributed by atoms with Crippen LogP contribution in [0.2, 0.25) is 0 Å². The van der Waals surface area contributed by atoms with Gasteiger partial charge in [0.25, 0.3) is 5.56 Å². The first-order valence-electron chi connectivity index (χ1n) is 11.9. The maximum Gasteiger partial charge on any atom is 0.319 e. The summed E-state index contributed by atoms with van der Waals surface area (Å²) in [5.41, 5.74) is 1.31. The molecular formula is C27H29F2N4O2+. The number of carbonyl (C=O) groups excluding carboxylic acids is 1. The summed E-state index contributed by atoms with van der Waals surface area (Å²) < 4.78 is 28.1. The number of carbonyl (C=O) groups is 1. The minimum Gasteiger partial charge on any atom is -0.329 e. The fourth-order valence-corrected chi connectivity index (χ4v) is 5.53. The molecule has 2 unspecified atom stereocenters. The summed E-state index contributed by atoms with van der Waals surface area (Å²) >= 11 is 0. The van der Waals surface area contributed by atoms with Crippen molar-refractivity contribution in [2.45, 2.75) is 24.4 Å². The number of aromatic nitrogens is 1. The molecule has 2 saturated heterocycles. The van der Waals surface area contributed by atoms with Gasteiger partial charge in [-0.2, -0.15) is 0 Å². The Morgan fingerprint density at radius 3 is 2.23 bits per heavy atom. The van der Waals surface area contributed by atoms with E-state index in [0.29, 0.717) is 13.0 Å². The van der Waals surface area contributed by atoms with Crippen LogP contribution in [-0.2, 0) is 12.0 Å². The highest BCUT2D eigenvalue weighted by molar-refractivity contribution is 5.80. The quantitative estimate of drug-likeness (QED) is 0.533. The number of quaternary nitrogens is 1. The van der Waals surface area contributed by atoms with Crippen LogP contribution in [0.5, 0.6) is 0 Å². The first-order valence-corrected chi connectivity index (χ1v) is 11.9. The largest absolute Gasteiger partial charge is 0.329 e. The van der Waals surface area contributed by atoms with Gasteiger partial charge in [-0.15, -0.1) is 0 Å². The van der Waals surface area contributed by atoms with E-state index >= 15 is 0 Å². The van der Waals surface area contributed by atoms with Gasteiger partial charge in [0.2, 0.25) is 0 Å². The molecule has 2 aliphatic rings. The molecule has 2 amide bonds. The van der Waals surface area contributed by atoms with Gasteiger partial charge in [-0.3, -0.25) is 4.79 Å². The van der Waals surface area contributed by atoms with Crippen LogP contribution in [0.4, 0.5) is 13.6 Å². The smallest absolute Gasteiger partial charge is 0.319 e. The topological polar surface area (TPSA) is 65.2 Å². The summed E-state index contributed by atoms with van der Waals surface area (Å²) in [6, 6.07) is 15.7. The SMILES string of the molecule is C[N+]1(CCc2ccc[nH]c2=O)CCC(N2CC(c3ccc(F)cc3)(c3ccc(F)cc3)NC2=O)C1. The van der Waals surface area contributed by atoms with Crippen molar-refractivity contribution < 1.29 is 18.1 Å². The van der Waals surface area contributed by atoms with Gasteiger partial charge in [0.1, 0.15) is 17.2 Å². The molecule has 2 aliphatic heterocycles. The lowest BCUT2D eigenvalue weighted by Gasteiger charge is -2.32. The zero-order chi connectivity index (χ0) is 24.6. The lowest BCUT2D eigenvalue weighted by atomic mass is 9.83. The van der Waals surface area contributed by atoms with E-state index in [1.165, 1.54) is 24.3 Å². The average Bonchev–Trinajstić information content (AvgIpc) is 3.40. The van der Waals surface area contributed by atoms with Gasteiger partial charge in [-0.05, 0) is 41.5 Å². The van der Waals surface area contributed by atoms with Gasteiger partial charge in [0.15, 0.2) is 0 Å². The Morgan fingerprint density at radius 2 is 1.63 bits per heavy atom. The zero-order valence-corrected chi connectivity index (χ0v) is 19.6. The molecule has 2 atom stereocenters. The third-order valence-corrected chi connectivity index (χ3v) is 7.58. The lowest BCUT2D eigenvalue weighted by Crippen LogP contribution is -2.47. The van der Waals surface area contributed by atoms with Gasteiger partial charge in [0, 0.05) is 24.6 Å². The van der Waals surface area contributed by atoms with Crippen LogP contribution in [0.25, 0.3) is 0 Å². The maximum absolute atomic E-state index is 13.7. The number of aromatic amines is 1. The van der Waals surface area contributed by atoms with Gasteiger partial charge in [0.05, 0.1) is 39.3 Å². The predicted octanol–water partition coefficient (Wildman–Crippen LogP) is 3.38. The second-order valence-corrected chi connectivity index (χ2v) is 9.94. The second kappa shape index (κ2) is 8.92. The number of benzene rings is 2. The van der Waals surface area contributed by atoms with Crippen molar-refractivity contribution in [3.05, 3.63) is 106 Å². The Bertz CT molecular complexity index is 1230. The number of urea groups is 1. The van der Waals surface area contributed by atoms with Crippen molar-refractivity contribution in [3.8, 4) is 0 Å². The molecular weight excluding hydrogens is 450 g/mol. The number of amides is 2. The Balaban J connectivity index is 1.38. The summed E-state index contributed by atoms with van der Waals surface area (Å²) in [5.74, 6) is -0.712. The van der Waals surface area contributed by atoms with Gasteiger partial charge in [-0.25, -0.2) is 13.6 Å². The van der Waals surface area contributed by atoms with E-state index in [1.807, 2.05) is 17.0 Å². The van der Waals surface area contributed by atoms with Crippen molar-refractivity contribution >= 4 is 6.03 Å². The second-order valence-electron chi connectivity index (χ2n) is 9.94. The molecule has 0 radical (unpaired) electrons. The summed E-state index contributed by atoms with van der Waals surface area (Å²) in [4.78, 5) is 30.0. The van der Waals surface area contributed by atoms with E-state index in [1.54, 1.807) is 30.5 Å². The molecule has 0 bridgehead atoms. The van der Waals surface area contributed by atoms with Crippen LogP contribution in [0.3, 0.4) is 0 Å². The van der Waals surface area contributed by atoms with Gasteiger partial charge >= 0.3 is 6.03 Å². The van der Waals surface area contributed by atoms with Crippen molar-refractivity contribution in [2.75, 3.05) is 33.2 Å². The van der Waals surface area contributed by atoms with Gasteiger partial charge < -0.3 is 19.7 Å². The van der Waals surface area contributed by atoms with E-state index in [2.05, 4.69) is 17.3 Å². The normalized spacial score (nSPS) is 23.5. The molecule has 5 rings (SSSR count). The summed E-state index contributed by atoms with van der Waals surface area (Å²) in [6.45, 7) is 2.85. The highest BCUT2D eigenvalue weighted by atomic mass is 19.1. The first kappa shape index (κ1) is 23.2. The number of pyridine rings is 1. The Hall–Kier alpha value is -3.52. The number of nitrogens with one attached hydrogen (secondary N) is 2. The number of likely N-dealkylation sites (N-methyl/N-ethyl adjacent to an activating group) is 1. The highest BCUT2D eigenvalue weighted by Crippen LogP contribution is 2.37. The third kappa shape index (κ3) is 4.46. The van der Waals surface area contributed by atoms with E-state index in [4.69, 9.17) is 0 Å². The number of hydrogen-bond donors (Lipinski definition) is 2. The molecule has 2 N–H and O–H groups in total. The number of rotatable bonds is 6. The molecule has 8 heteroatoms. The molecule has 0 aliphatic carbocycles. The number of nitrogens with zero attached hydrogens (tertiary/aromatic N) is 2. The van der Waals surface area contributed by atoms with E-state index < -0.39 is 5.54 Å². The van der Waals surface area contributed by atoms with Crippen LogP contribution < -0.4 is 10.9 Å². The summed E-state index contributed by atoms with van der Waals surface area (Å²) in [5, 5.41) is 3.15. The number of likely N-dealkylation sites (tertiary alicyclic amines) is 1. The molecule has 182 valence electrons. The number of halogens is 2. The Labute approximate surface area is 202 Å². The third-order valence-electron chi connectivity index (χ3n) is 7.58. The maximum atomic E-state index is 13.7. The van der Waals surface area contributed by atoms with Crippen molar-refractivity contribution in [3.63, 3.8) is 0 Å². The highest BCUT2D eigenvalue weighted by Gasteiger charge is 2.50. The summed E-state index contributed by atoms with van der Waals surface area (Å²) in [6.07, 6.45) is 3.15. The summed E-state index contributed by atoms with van der Waals surface area (Å²) in [7, 11) is 2.16. The molecule has 2 fully saturated rings. The van der Waals surface area contributed by atoms with E-state index in [9.17, 15) is 18.4 Å².